The second-order valence-corrected chi connectivity index (χ2v) is 7.45. The molecule has 0 aliphatic heterocycles. The van der Waals surface area contributed by atoms with Gasteiger partial charge in [-0.15, -0.1) is 0 Å². The molecule has 0 radical (unpaired) electrons. The van der Waals surface area contributed by atoms with E-state index in [1.807, 2.05) is 30.5 Å². The van der Waals surface area contributed by atoms with Crippen molar-refractivity contribution in [3.05, 3.63) is 76.1 Å². The molecule has 162 valence electrons. The third-order valence-electron chi connectivity index (χ3n) is 5.44. The van der Waals surface area contributed by atoms with E-state index in [4.69, 9.17) is 14.2 Å². The third-order valence-corrected chi connectivity index (χ3v) is 5.44. The number of nitrogens with zero attached hydrogens (tertiary/aromatic N) is 1. The molecule has 3 rings (SSSR count). The summed E-state index contributed by atoms with van der Waals surface area (Å²) in [5.74, 6) is -0.0624. The van der Waals surface area contributed by atoms with E-state index in [9.17, 15) is 9.59 Å². The van der Waals surface area contributed by atoms with Crippen LogP contribution in [0.1, 0.15) is 43.2 Å². The largest absolute Gasteiger partial charge is 0.497 e. The number of hydrogen-bond acceptors (Lipinski definition) is 5. The molecule has 3 aromatic rings. The van der Waals surface area contributed by atoms with Crippen LogP contribution >= 0.6 is 0 Å². The maximum Gasteiger partial charge on any atom is 0.342 e. The van der Waals surface area contributed by atoms with Crippen molar-refractivity contribution in [3.63, 3.8) is 0 Å². The lowest BCUT2D eigenvalue weighted by Gasteiger charge is -2.12. The number of carbonyl (C=O) groups is 2. The number of rotatable bonds is 7. The summed E-state index contributed by atoms with van der Waals surface area (Å²) in [5.41, 5.74) is 5.86. The van der Waals surface area contributed by atoms with Gasteiger partial charge in [0.05, 0.1) is 14.2 Å². The van der Waals surface area contributed by atoms with E-state index >= 15 is 0 Å². The molecular weight excluding hydrogens is 394 g/mol. The van der Waals surface area contributed by atoms with Gasteiger partial charge >= 0.3 is 5.97 Å². The Hall–Kier alpha value is -3.54. The summed E-state index contributed by atoms with van der Waals surface area (Å²) in [6.07, 6.45) is 0. The molecule has 0 N–H and O–H groups in total. The minimum absolute atomic E-state index is 0.204. The molecule has 0 unspecified atom stereocenters. The van der Waals surface area contributed by atoms with Gasteiger partial charge in [0.25, 0.3) is 0 Å². The van der Waals surface area contributed by atoms with Gasteiger partial charge in [-0.05, 0) is 75.2 Å². The van der Waals surface area contributed by atoms with Gasteiger partial charge in [0.15, 0.2) is 6.61 Å². The van der Waals surface area contributed by atoms with Crippen LogP contribution < -0.4 is 9.47 Å². The van der Waals surface area contributed by atoms with Gasteiger partial charge in [-0.1, -0.05) is 6.07 Å². The van der Waals surface area contributed by atoms with Crippen LogP contribution in [0.5, 0.6) is 11.5 Å². The first-order chi connectivity index (χ1) is 14.8. The van der Waals surface area contributed by atoms with Crippen LogP contribution in [0.25, 0.3) is 5.69 Å². The van der Waals surface area contributed by atoms with Crippen molar-refractivity contribution in [1.82, 2.24) is 4.57 Å². The van der Waals surface area contributed by atoms with Crippen molar-refractivity contribution in [2.75, 3.05) is 20.8 Å². The van der Waals surface area contributed by atoms with Gasteiger partial charge in [-0.3, -0.25) is 4.79 Å². The summed E-state index contributed by atoms with van der Waals surface area (Å²) in [6, 6.07) is 12.8. The van der Waals surface area contributed by atoms with Crippen molar-refractivity contribution >= 4 is 11.8 Å². The quantitative estimate of drug-likeness (QED) is 0.406. The highest BCUT2D eigenvalue weighted by Gasteiger charge is 2.20. The predicted molar refractivity (Wildman–Crippen MR) is 119 cm³/mol. The van der Waals surface area contributed by atoms with Crippen LogP contribution in [0, 0.1) is 27.7 Å². The maximum atomic E-state index is 12.9. The van der Waals surface area contributed by atoms with E-state index in [0.29, 0.717) is 17.1 Å². The van der Waals surface area contributed by atoms with Crippen LogP contribution in [0.3, 0.4) is 0 Å². The Bertz CT molecular complexity index is 1140. The molecule has 2 aromatic carbocycles. The normalized spacial score (nSPS) is 10.6. The maximum absolute atomic E-state index is 12.9. The van der Waals surface area contributed by atoms with E-state index in [-0.39, 0.29) is 18.0 Å². The van der Waals surface area contributed by atoms with Crippen molar-refractivity contribution in [2.24, 2.45) is 0 Å². The number of carbonyl (C=O) groups excluding carboxylic acids is 2. The van der Waals surface area contributed by atoms with Crippen LogP contribution in [-0.4, -0.2) is 37.1 Å². The van der Waals surface area contributed by atoms with E-state index in [2.05, 4.69) is 26.0 Å². The highest BCUT2D eigenvalue weighted by molar-refractivity contribution is 6.01. The van der Waals surface area contributed by atoms with Gasteiger partial charge in [-0.2, -0.15) is 0 Å². The minimum atomic E-state index is -0.646. The second-order valence-electron chi connectivity index (χ2n) is 7.45. The monoisotopic (exact) mass is 421 g/mol. The zero-order valence-electron chi connectivity index (χ0n) is 18.7. The molecule has 31 heavy (non-hydrogen) atoms. The summed E-state index contributed by atoms with van der Waals surface area (Å²) in [4.78, 5) is 25.4. The zero-order chi connectivity index (χ0) is 22.7. The van der Waals surface area contributed by atoms with Gasteiger partial charge in [-0.25, -0.2) is 4.79 Å². The Morgan fingerprint density at radius 3 is 2.23 bits per heavy atom. The lowest BCUT2D eigenvalue weighted by atomic mass is 10.1. The number of ether oxygens (including phenoxy) is 3. The standard InChI is InChI=1S/C25H27NO5/c1-15-7-8-19(11-16(15)2)26-17(3)12-21(18(26)4)23(27)14-31-25(28)22-13-20(29-5)9-10-24(22)30-6/h7-13H,14H2,1-6H3. The molecule has 1 aromatic heterocycles. The smallest absolute Gasteiger partial charge is 0.342 e. The molecule has 0 amide bonds. The van der Waals surface area contributed by atoms with Crippen molar-refractivity contribution in [3.8, 4) is 17.2 Å². The highest BCUT2D eigenvalue weighted by Crippen LogP contribution is 2.26. The number of benzene rings is 2. The molecular formula is C25H27NO5. The molecule has 6 heteroatoms. The molecule has 0 fully saturated rings. The van der Waals surface area contributed by atoms with Crippen molar-refractivity contribution in [1.29, 1.82) is 0 Å². The number of aryl methyl sites for hydroxylation is 3. The van der Waals surface area contributed by atoms with E-state index in [0.717, 1.165) is 17.1 Å². The number of ketones is 1. The fourth-order valence-corrected chi connectivity index (χ4v) is 3.57. The number of methoxy groups -OCH3 is 2. The fraction of sp³-hybridized carbons (Fsp3) is 0.280. The highest BCUT2D eigenvalue weighted by atomic mass is 16.5. The fourth-order valence-electron chi connectivity index (χ4n) is 3.57. The number of Topliss-reactive ketones (excluding diaryl/α,β-unsaturated/α-hetero) is 1. The summed E-state index contributed by atoms with van der Waals surface area (Å²) >= 11 is 0. The van der Waals surface area contributed by atoms with Crippen molar-refractivity contribution < 1.29 is 23.8 Å². The Morgan fingerprint density at radius 2 is 1.58 bits per heavy atom. The summed E-state index contributed by atoms with van der Waals surface area (Å²) in [7, 11) is 2.97. The second kappa shape index (κ2) is 9.08. The topological polar surface area (TPSA) is 66.8 Å². The summed E-state index contributed by atoms with van der Waals surface area (Å²) < 4.78 is 17.7. The first-order valence-electron chi connectivity index (χ1n) is 9.95. The lowest BCUT2D eigenvalue weighted by molar-refractivity contribution is 0.0471. The Morgan fingerprint density at radius 1 is 0.839 bits per heavy atom. The molecule has 0 aliphatic rings. The number of esters is 1. The molecule has 0 spiro atoms. The Kier molecular flexibility index (Phi) is 6.49. The van der Waals surface area contributed by atoms with E-state index in [1.54, 1.807) is 12.1 Å². The Balaban J connectivity index is 1.80. The molecule has 0 atom stereocenters. The predicted octanol–water partition coefficient (Wildman–Crippen LogP) is 4.77. The SMILES string of the molecule is COc1ccc(OC)c(C(=O)OCC(=O)c2cc(C)n(-c3ccc(C)c(C)c3)c2C)c1. The average Bonchev–Trinajstić information content (AvgIpc) is 3.07. The van der Waals surface area contributed by atoms with Gasteiger partial charge in [0.2, 0.25) is 5.78 Å². The average molecular weight is 421 g/mol. The third kappa shape index (κ3) is 4.48. The molecule has 1 heterocycles. The summed E-state index contributed by atoms with van der Waals surface area (Å²) in [6.45, 7) is 7.60. The van der Waals surface area contributed by atoms with Gasteiger partial charge in [0.1, 0.15) is 17.1 Å². The molecule has 6 nitrogen and oxygen atoms in total. The molecule has 0 saturated carbocycles. The van der Waals surface area contributed by atoms with Crippen molar-refractivity contribution in [2.45, 2.75) is 27.7 Å². The first kappa shape index (κ1) is 22.2. The number of aromatic nitrogens is 1. The van der Waals surface area contributed by atoms with Gasteiger partial charge in [0, 0.05) is 22.6 Å². The van der Waals surface area contributed by atoms with Crippen LogP contribution in [0.2, 0.25) is 0 Å². The molecule has 0 aliphatic carbocycles. The minimum Gasteiger partial charge on any atom is -0.497 e. The first-order valence-corrected chi connectivity index (χ1v) is 9.95. The van der Waals surface area contributed by atoms with Crippen LogP contribution in [-0.2, 0) is 4.74 Å². The summed E-state index contributed by atoms with van der Waals surface area (Å²) in [5, 5.41) is 0. The molecule has 0 bridgehead atoms. The van der Waals surface area contributed by atoms with E-state index < -0.39 is 5.97 Å². The lowest BCUT2D eigenvalue weighted by Crippen LogP contribution is -2.15. The van der Waals surface area contributed by atoms with Gasteiger partial charge < -0.3 is 18.8 Å². The van der Waals surface area contributed by atoms with E-state index in [1.165, 1.54) is 31.4 Å². The zero-order valence-corrected chi connectivity index (χ0v) is 18.7. The number of hydrogen-bond donors (Lipinski definition) is 0. The van der Waals surface area contributed by atoms with Crippen LogP contribution in [0.15, 0.2) is 42.5 Å². The van der Waals surface area contributed by atoms with Crippen LogP contribution in [0.4, 0.5) is 0 Å². The Labute approximate surface area is 182 Å². The molecule has 0 saturated heterocycles.